The van der Waals surface area contributed by atoms with E-state index in [1.807, 2.05) is 0 Å². The van der Waals surface area contributed by atoms with Crippen molar-refractivity contribution in [1.29, 1.82) is 0 Å². The fraction of sp³-hybridized carbons (Fsp3) is 0.706. The molecule has 0 saturated heterocycles. The smallest absolute Gasteiger partial charge is 0.426 e. The van der Waals surface area contributed by atoms with Crippen molar-refractivity contribution in [3.05, 3.63) is 22.8 Å². The van der Waals surface area contributed by atoms with Gasteiger partial charge in [-0.3, -0.25) is 4.79 Å². The average Bonchev–Trinajstić information content (AvgIpc) is 2.76. The molecule has 1 saturated carbocycles. The summed E-state index contributed by atoms with van der Waals surface area (Å²) < 4.78 is 43.1. The third-order valence-electron chi connectivity index (χ3n) is 4.77. The van der Waals surface area contributed by atoms with E-state index in [4.69, 9.17) is 16.3 Å². The number of carbonyl (C=O) groups is 1. The van der Waals surface area contributed by atoms with E-state index < -0.39 is 34.4 Å². The molecule has 0 aromatic carbocycles. The molecule has 1 unspecified atom stereocenters. The first kappa shape index (κ1) is 18.4. The fourth-order valence-electron chi connectivity index (χ4n) is 3.30. The summed E-state index contributed by atoms with van der Waals surface area (Å²) in [5.41, 5.74) is 0.734. The molecule has 2 aliphatic rings. The summed E-state index contributed by atoms with van der Waals surface area (Å²) in [4.78, 5) is 12.3. The molecule has 130 valence electrons. The Labute approximate surface area is 139 Å². The minimum Gasteiger partial charge on any atom is -0.461 e. The van der Waals surface area contributed by atoms with Crippen LogP contribution < -0.4 is 0 Å². The van der Waals surface area contributed by atoms with Gasteiger partial charge in [-0.2, -0.15) is 13.2 Å². The Bertz CT molecular complexity index is 534. The lowest BCUT2D eigenvalue weighted by Gasteiger charge is -2.13. The molecular formula is C17H22ClF3O2. The topological polar surface area (TPSA) is 26.3 Å². The predicted octanol–water partition coefficient (Wildman–Crippen LogP) is 5.38. The van der Waals surface area contributed by atoms with Crippen LogP contribution in [0.3, 0.4) is 0 Å². The number of halogens is 4. The second-order valence-electron chi connectivity index (χ2n) is 6.95. The molecule has 2 nitrogen and oxygen atoms in total. The van der Waals surface area contributed by atoms with E-state index in [2.05, 4.69) is 13.0 Å². The van der Waals surface area contributed by atoms with Gasteiger partial charge in [-0.05, 0) is 17.8 Å². The molecule has 0 spiro atoms. The lowest BCUT2D eigenvalue weighted by atomic mass is 10.1. The Morgan fingerprint density at radius 1 is 1.48 bits per heavy atom. The zero-order valence-corrected chi connectivity index (χ0v) is 14.3. The third kappa shape index (κ3) is 4.11. The van der Waals surface area contributed by atoms with Crippen LogP contribution in [0.4, 0.5) is 13.2 Å². The summed E-state index contributed by atoms with van der Waals surface area (Å²) in [6.45, 7) is 5.61. The molecule has 0 aromatic heterocycles. The first-order chi connectivity index (χ1) is 10.6. The van der Waals surface area contributed by atoms with E-state index in [1.165, 1.54) is 5.57 Å². The largest absolute Gasteiger partial charge is 0.461 e. The number of alkyl halides is 3. The maximum absolute atomic E-state index is 12.5. The van der Waals surface area contributed by atoms with E-state index in [1.54, 1.807) is 13.8 Å². The van der Waals surface area contributed by atoms with E-state index in [9.17, 15) is 18.0 Å². The van der Waals surface area contributed by atoms with Crippen LogP contribution in [-0.4, -0.2) is 18.2 Å². The number of carbonyl (C=O) groups excluding carboxylic acids is 1. The van der Waals surface area contributed by atoms with Gasteiger partial charge in [-0.15, -0.1) is 0 Å². The van der Waals surface area contributed by atoms with Crippen molar-refractivity contribution in [2.75, 3.05) is 0 Å². The molecule has 0 aliphatic heterocycles. The number of esters is 1. The predicted molar refractivity (Wildman–Crippen MR) is 82.9 cm³/mol. The Balaban J connectivity index is 1.94. The van der Waals surface area contributed by atoms with Crippen LogP contribution in [0.15, 0.2) is 22.8 Å². The van der Waals surface area contributed by atoms with Gasteiger partial charge < -0.3 is 4.74 Å². The molecule has 0 amide bonds. The van der Waals surface area contributed by atoms with Crippen molar-refractivity contribution in [2.24, 2.45) is 17.3 Å². The van der Waals surface area contributed by atoms with Crippen molar-refractivity contribution < 1.29 is 22.7 Å². The summed E-state index contributed by atoms with van der Waals surface area (Å²) in [7, 11) is 0. The van der Waals surface area contributed by atoms with Gasteiger partial charge in [0.25, 0.3) is 0 Å². The molecule has 2 rings (SSSR count). The minimum absolute atomic E-state index is 0.178. The van der Waals surface area contributed by atoms with Gasteiger partial charge >= 0.3 is 12.1 Å². The van der Waals surface area contributed by atoms with Crippen LogP contribution in [0, 0.1) is 17.3 Å². The van der Waals surface area contributed by atoms with Crippen molar-refractivity contribution in [2.45, 2.75) is 58.7 Å². The first-order valence-corrected chi connectivity index (χ1v) is 8.28. The minimum atomic E-state index is -4.57. The highest BCUT2D eigenvalue weighted by Gasteiger charge is 2.62. The van der Waals surface area contributed by atoms with Crippen molar-refractivity contribution >= 4 is 17.6 Å². The van der Waals surface area contributed by atoms with Crippen molar-refractivity contribution in [3.63, 3.8) is 0 Å². The second kappa shape index (κ2) is 6.50. The summed E-state index contributed by atoms with van der Waals surface area (Å²) in [6, 6.07) is 0. The molecule has 1 fully saturated rings. The number of ether oxygens (including phenoxy) is 1. The Morgan fingerprint density at radius 2 is 2.13 bits per heavy atom. The Morgan fingerprint density at radius 3 is 2.70 bits per heavy atom. The lowest BCUT2D eigenvalue weighted by molar-refractivity contribution is -0.151. The maximum atomic E-state index is 12.5. The molecule has 6 heteroatoms. The van der Waals surface area contributed by atoms with Gasteiger partial charge in [0, 0.05) is 12.8 Å². The molecule has 3 atom stereocenters. The molecular weight excluding hydrogens is 329 g/mol. The Hall–Kier alpha value is -0.970. The van der Waals surface area contributed by atoms with Crippen molar-refractivity contribution in [1.82, 2.24) is 0 Å². The van der Waals surface area contributed by atoms with Gasteiger partial charge in [0.05, 0.1) is 5.92 Å². The number of hydrogen-bond acceptors (Lipinski definition) is 2. The monoisotopic (exact) mass is 350 g/mol. The van der Waals surface area contributed by atoms with Crippen LogP contribution in [0.5, 0.6) is 0 Å². The molecule has 0 aromatic rings. The number of rotatable bonds is 5. The summed E-state index contributed by atoms with van der Waals surface area (Å²) in [5, 5.41) is -1.17. The molecule has 0 N–H and O–H groups in total. The van der Waals surface area contributed by atoms with E-state index in [0.29, 0.717) is 6.42 Å². The molecule has 0 radical (unpaired) electrons. The standard InChI is InChI=1S/C17H22ClF3O2/c1-4-5-10-6-7-11(8-10)23-15(22)14-12(16(14,2)3)9-13(18)17(19,20)21/h6,9,11-12,14H,4-5,7-8H2,1-3H3/t11?,12-,14-/m0/s1. The molecule has 0 heterocycles. The van der Waals surface area contributed by atoms with Gasteiger partial charge in [-0.25, -0.2) is 0 Å². The third-order valence-corrected chi connectivity index (χ3v) is 5.11. The van der Waals surface area contributed by atoms with Crippen LogP contribution in [-0.2, 0) is 9.53 Å². The van der Waals surface area contributed by atoms with Gasteiger partial charge in [0.1, 0.15) is 11.1 Å². The average molecular weight is 351 g/mol. The highest BCUT2D eigenvalue weighted by molar-refractivity contribution is 6.30. The zero-order chi connectivity index (χ0) is 17.4. The first-order valence-electron chi connectivity index (χ1n) is 7.90. The van der Waals surface area contributed by atoms with Crippen LogP contribution in [0.1, 0.15) is 46.5 Å². The fourth-order valence-corrected chi connectivity index (χ4v) is 3.44. The normalized spacial score (nSPS) is 30.1. The quantitative estimate of drug-likeness (QED) is 0.492. The summed E-state index contributed by atoms with van der Waals surface area (Å²) in [6.07, 6.45) is 1.76. The molecule has 2 aliphatic carbocycles. The molecule has 0 bridgehead atoms. The number of allylic oxidation sites excluding steroid dienone is 2. The second-order valence-corrected chi connectivity index (χ2v) is 7.36. The summed E-state index contributed by atoms with van der Waals surface area (Å²) in [5.74, 6) is -1.51. The lowest BCUT2D eigenvalue weighted by Crippen LogP contribution is -2.19. The van der Waals surface area contributed by atoms with Gasteiger partial charge in [0.2, 0.25) is 0 Å². The van der Waals surface area contributed by atoms with Crippen LogP contribution >= 0.6 is 11.6 Å². The number of hydrogen-bond donors (Lipinski definition) is 0. The van der Waals surface area contributed by atoms with Gasteiger partial charge in [0.15, 0.2) is 0 Å². The molecule has 23 heavy (non-hydrogen) atoms. The Kier molecular flexibility index (Phi) is 5.19. The van der Waals surface area contributed by atoms with Crippen LogP contribution in [0.2, 0.25) is 0 Å². The van der Waals surface area contributed by atoms with E-state index in [-0.39, 0.29) is 6.10 Å². The van der Waals surface area contributed by atoms with Crippen LogP contribution in [0.25, 0.3) is 0 Å². The summed E-state index contributed by atoms with van der Waals surface area (Å²) >= 11 is 5.29. The SMILES string of the molecule is CCCC1=CCC(OC(=O)[C@@H]2[C@H](C=C(Cl)C(F)(F)F)C2(C)C)C1. The highest BCUT2D eigenvalue weighted by Crippen LogP contribution is 2.60. The highest BCUT2D eigenvalue weighted by atomic mass is 35.5. The van der Waals surface area contributed by atoms with Gasteiger partial charge in [-0.1, -0.05) is 56.5 Å². The zero-order valence-electron chi connectivity index (χ0n) is 13.5. The maximum Gasteiger partial charge on any atom is 0.426 e. The van der Waals surface area contributed by atoms with E-state index >= 15 is 0 Å². The van der Waals surface area contributed by atoms with E-state index in [0.717, 1.165) is 25.3 Å². The van der Waals surface area contributed by atoms with Crippen molar-refractivity contribution in [3.8, 4) is 0 Å².